The molecular weight excluding hydrogens is 232 g/mol. The Morgan fingerprint density at radius 3 is 2.89 bits per heavy atom. The zero-order valence-electron chi connectivity index (χ0n) is 11.5. The monoisotopic (exact) mass is 254 g/mol. The molecule has 0 bridgehead atoms. The van der Waals surface area contributed by atoms with Gasteiger partial charge in [-0.25, -0.2) is 0 Å². The summed E-state index contributed by atoms with van der Waals surface area (Å²) >= 11 is 0. The van der Waals surface area contributed by atoms with E-state index in [1.54, 1.807) is 0 Å². The van der Waals surface area contributed by atoms with Crippen molar-refractivity contribution < 1.29 is 4.74 Å². The van der Waals surface area contributed by atoms with E-state index in [2.05, 4.69) is 49.1 Å². The Morgan fingerprint density at radius 2 is 2.05 bits per heavy atom. The Labute approximate surface area is 116 Å². The SMILES string of the molecule is C=C1C=C[C@@]2(OCc3ccccc3)CCCC[C@@H]2C1. The lowest BCUT2D eigenvalue weighted by molar-refractivity contribution is -0.0846. The summed E-state index contributed by atoms with van der Waals surface area (Å²) in [5.74, 6) is 0.627. The molecule has 19 heavy (non-hydrogen) atoms. The van der Waals surface area contributed by atoms with Gasteiger partial charge >= 0.3 is 0 Å². The minimum atomic E-state index is -0.0325. The second-order valence-electron chi connectivity index (χ2n) is 5.87. The number of ether oxygens (including phenoxy) is 1. The lowest BCUT2D eigenvalue weighted by Crippen LogP contribution is -2.43. The molecule has 0 aromatic heterocycles. The highest BCUT2D eigenvalue weighted by Gasteiger charge is 2.41. The average molecular weight is 254 g/mol. The highest BCUT2D eigenvalue weighted by molar-refractivity contribution is 5.27. The summed E-state index contributed by atoms with van der Waals surface area (Å²) in [5.41, 5.74) is 2.49. The zero-order valence-corrected chi connectivity index (χ0v) is 11.5. The lowest BCUT2D eigenvalue weighted by Gasteiger charge is -2.44. The largest absolute Gasteiger partial charge is 0.366 e. The fraction of sp³-hybridized carbons (Fsp3) is 0.444. The van der Waals surface area contributed by atoms with Crippen LogP contribution >= 0.6 is 0 Å². The van der Waals surface area contributed by atoms with E-state index in [0.29, 0.717) is 12.5 Å². The van der Waals surface area contributed by atoms with Gasteiger partial charge < -0.3 is 4.74 Å². The van der Waals surface area contributed by atoms with Gasteiger partial charge in [-0.1, -0.05) is 67.5 Å². The van der Waals surface area contributed by atoms with Gasteiger partial charge in [-0.3, -0.25) is 0 Å². The number of allylic oxidation sites excluding steroid dienone is 2. The molecule has 0 aliphatic heterocycles. The molecule has 1 aromatic rings. The van der Waals surface area contributed by atoms with Crippen LogP contribution < -0.4 is 0 Å². The van der Waals surface area contributed by atoms with Crippen molar-refractivity contribution in [1.82, 2.24) is 0 Å². The molecule has 0 radical (unpaired) electrons. The molecule has 1 heteroatoms. The first-order chi connectivity index (χ1) is 9.28. The van der Waals surface area contributed by atoms with Crippen molar-refractivity contribution in [2.75, 3.05) is 0 Å². The topological polar surface area (TPSA) is 9.23 Å². The minimum Gasteiger partial charge on any atom is -0.366 e. The molecule has 2 aliphatic carbocycles. The van der Waals surface area contributed by atoms with Crippen molar-refractivity contribution in [3.63, 3.8) is 0 Å². The number of hydrogen-bond acceptors (Lipinski definition) is 1. The molecule has 1 fully saturated rings. The molecule has 0 N–H and O–H groups in total. The fourth-order valence-electron chi connectivity index (χ4n) is 3.41. The van der Waals surface area contributed by atoms with Gasteiger partial charge in [-0.15, -0.1) is 0 Å². The molecule has 2 aliphatic rings. The predicted molar refractivity (Wildman–Crippen MR) is 78.8 cm³/mol. The van der Waals surface area contributed by atoms with Crippen molar-refractivity contribution in [2.24, 2.45) is 5.92 Å². The molecule has 0 amide bonds. The number of hydrogen-bond donors (Lipinski definition) is 0. The van der Waals surface area contributed by atoms with Crippen LogP contribution in [0.1, 0.15) is 37.7 Å². The van der Waals surface area contributed by atoms with Gasteiger partial charge in [-0.2, -0.15) is 0 Å². The first kappa shape index (κ1) is 12.7. The van der Waals surface area contributed by atoms with Crippen LogP contribution in [0.3, 0.4) is 0 Å². The number of benzene rings is 1. The van der Waals surface area contributed by atoms with E-state index in [1.165, 1.54) is 30.4 Å². The van der Waals surface area contributed by atoms with Crippen LogP contribution in [-0.2, 0) is 11.3 Å². The lowest BCUT2D eigenvalue weighted by atomic mass is 9.69. The Hall–Kier alpha value is -1.34. The van der Waals surface area contributed by atoms with E-state index < -0.39 is 0 Å². The predicted octanol–water partition coefficient (Wildman–Crippen LogP) is 4.65. The van der Waals surface area contributed by atoms with Crippen molar-refractivity contribution >= 4 is 0 Å². The summed E-state index contributed by atoms with van der Waals surface area (Å²) < 4.78 is 6.38. The summed E-state index contributed by atoms with van der Waals surface area (Å²) in [6, 6.07) is 10.5. The van der Waals surface area contributed by atoms with E-state index in [9.17, 15) is 0 Å². The minimum absolute atomic E-state index is 0.0325. The fourth-order valence-corrected chi connectivity index (χ4v) is 3.41. The van der Waals surface area contributed by atoms with Crippen molar-refractivity contribution in [2.45, 2.75) is 44.3 Å². The molecule has 1 saturated carbocycles. The van der Waals surface area contributed by atoms with Gasteiger partial charge in [-0.05, 0) is 30.7 Å². The molecule has 0 heterocycles. The maximum Gasteiger partial charge on any atom is 0.0901 e. The van der Waals surface area contributed by atoms with E-state index in [-0.39, 0.29) is 5.60 Å². The van der Waals surface area contributed by atoms with Crippen LogP contribution in [0.2, 0.25) is 0 Å². The van der Waals surface area contributed by atoms with Gasteiger partial charge in [0.25, 0.3) is 0 Å². The van der Waals surface area contributed by atoms with Crippen LogP contribution in [0.5, 0.6) is 0 Å². The summed E-state index contributed by atoms with van der Waals surface area (Å²) in [4.78, 5) is 0. The molecule has 0 saturated heterocycles. The van der Waals surface area contributed by atoms with E-state index in [1.807, 2.05) is 0 Å². The molecular formula is C18H22O. The molecule has 3 rings (SSSR count). The normalized spacial score (nSPS) is 30.1. The van der Waals surface area contributed by atoms with Crippen LogP contribution in [-0.4, -0.2) is 5.60 Å². The van der Waals surface area contributed by atoms with Crippen LogP contribution in [0.25, 0.3) is 0 Å². The Balaban J connectivity index is 1.76. The van der Waals surface area contributed by atoms with Crippen molar-refractivity contribution in [3.8, 4) is 0 Å². The van der Waals surface area contributed by atoms with Crippen molar-refractivity contribution in [3.05, 3.63) is 60.2 Å². The Kier molecular flexibility index (Phi) is 3.56. The summed E-state index contributed by atoms with van der Waals surface area (Å²) in [7, 11) is 0. The average Bonchev–Trinajstić information content (AvgIpc) is 2.47. The third-order valence-corrected chi connectivity index (χ3v) is 4.52. The molecule has 0 unspecified atom stereocenters. The Morgan fingerprint density at radius 1 is 1.21 bits per heavy atom. The van der Waals surface area contributed by atoms with Gasteiger partial charge in [0.2, 0.25) is 0 Å². The first-order valence-electron chi connectivity index (χ1n) is 7.33. The summed E-state index contributed by atoms with van der Waals surface area (Å²) in [6.45, 7) is 4.83. The zero-order chi connectivity index (χ0) is 13.1. The number of rotatable bonds is 3. The van der Waals surface area contributed by atoms with Crippen LogP contribution in [0.15, 0.2) is 54.6 Å². The molecule has 1 aromatic carbocycles. The first-order valence-corrected chi connectivity index (χ1v) is 7.33. The third kappa shape index (κ3) is 2.66. The highest BCUT2D eigenvalue weighted by Crippen LogP contribution is 2.44. The molecule has 1 nitrogen and oxygen atoms in total. The smallest absolute Gasteiger partial charge is 0.0901 e. The maximum absolute atomic E-state index is 6.38. The molecule has 2 atom stereocenters. The maximum atomic E-state index is 6.38. The van der Waals surface area contributed by atoms with Gasteiger partial charge in [0.15, 0.2) is 0 Å². The van der Waals surface area contributed by atoms with E-state index >= 15 is 0 Å². The highest BCUT2D eigenvalue weighted by atomic mass is 16.5. The third-order valence-electron chi connectivity index (χ3n) is 4.52. The van der Waals surface area contributed by atoms with Crippen molar-refractivity contribution in [1.29, 1.82) is 0 Å². The second kappa shape index (κ2) is 5.34. The van der Waals surface area contributed by atoms with Gasteiger partial charge in [0.1, 0.15) is 0 Å². The number of fused-ring (bicyclic) bond motifs is 1. The molecule has 0 spiro atoms. The molecule has 100 valence electrons. The van der Waals surface area contributed by atoms with E-state index in [0.717, 1.165) is 12.8 Å². The second-order valence-corrected chi connectivity index (χ2v) is 5.87. The van der Waals surface area contributed by atoms with Crippen LogP contribution in [0, 0.1) is 5.92 Å². The van der Waals surface area contributed by atoms with Crippen LogP contribution in [0.4, 0.5) is 0 Å². The summed E-state index contributed by atoms with van der Waals surface area (Å²) in [5, 5.41) is 0. The van der Waals surface area contributed by atoms with Gasteiger partial charge in [0, 0.05) is 0 Å². The van der Waals surface area contributed by atoms with Gasteiger partial charge in [0.05, 0.1) is 12.2 Å². The standard InChI is InChI=1S/C18H22O/c1-15-10-12-18(11-6-5-9-17(18)13-15)19-14-16-7-3-2-4-8-16/h2-4,7-8,10,12,17H,1,5-6,9,11,13-14H2/t17-,18+/m1/s1. The Bertz CT molecular complexity index is 474. The quantitative estimate of drug-likeness (QED) is 0.763. The summed E-state index contributed by atoms with van der Waals surface area (Å²) in [6.07, 6.45) is 10.6. The van der Waals surface area contributed by atoms with E-state index in [4.69, 9.17) is 4.74 Å².